The predicted molar refractivity (Wildman–Crippen MR) is 137 cm³/mol. The van der Waals surface area contributed by atoms with E-state index in [1.165, 1.54) is 12.8 Å². The van der Waals surface area contributed by atoms with Gasteiger partial charge in [0.15, 0.2) is 5.78 Å². The molecular weight excluding hydrogens is 462 g/mol. The Morgan fingerprint density at radius 1 is 1.23 bits per heavy atom. The summed E-state index contributed by atoms with van der Waals surface area (Å²) in [6, 6.07) is 4.42. The van der Waals surface area contributed by atoms with Gasteiger partial charge in [0.05, 0.1) is 17.5 Å². The number of Topliss-reactive ketones (excluding diaryl/α,β-unsaturated/α-hetero) is 1. The Kier molecular flexibility index (Phi) is 5.83. The normalized spacial score (nSPS) is 32.3. The Bertz CT molecular complexity index is 1080. The lowest BCUT2D eigenvalue weighted by Crippen LogP contribution is -2.54. The van der Waals surface area contributed by atoms with Gasteiger partial charge in [0.25, 0.3) is 0 Å². The summed E-state index contributed by atoms with van der Waals surface area (Å²) in [6.07, 6.45) is 11.3. The maximum atomic E-state index is 13.4. The molecule has 2 aromatic heterocycles. The van der Waals surface area contributed by atoms with E-state index in [1.807, 2.05) is 19.3 Å². The van der Waals surface area contributed by atoms with Crippen LogP contribution in [0.15, 0.2) is 24.5 Å². The third kappa shape index (κ3) is 4.14. The van der Waals surface area contributed by atoms with Crippen molar-refractivity contribution in [2.45, 2.75) is 63.0 Å². The predicted octanol–water partition coefficient (Wildman–Crippen LogP) is 4.33. The first-order valence-corrected chi connectivity index (χ1v) is 13.5. The van der Waals surface area contributed by atoms with Gasteiger partial charge in [0, 0.05) is 45.8 Å². The second kappa shape index (κ2) is 8.77. The third-order valence-electron chi connectivity index (χ3n) is 9.44. The van der Waals surface area contributed by atoms with E-state index in [0.29, 0.717) is 46.9 Å². The van der Waals surface area contributed by atoms with Crippen molar-refractivity contribution in [2.24, 2.45) is 30.7 Å². The van der Waals surface area contributed by atoms with E-state index >= 15 is 0 Å². The molecule has 2 aromatic rings. The highest BCUT2D eigenvalue weighted by atomic mass is 35.5. The maximum absolute atomic E-state index is 13.4. The molecule has 5 aliphatic rings. The molecule has 5 fully saturated rings. The monoisotopic (exact) mass is 497 g/mol. The Morgan fingerprint density at radius 3 is 2.57 bits per heavy atom. The number of carbonyl (C=O) groups is 1. The number of pyridine rings is 1. The highest BCUT2D eigenvalue weighted by Gasteiger charge is 2.55. The number of ketones is 1. The number of halogens is 1. The average Bonchev–Trinajstić information content (AvgIpc) is 3.14. The van der Waals surface area contributed by atoms with Crippen LogP contribution < -0.4 is 9.80 Å². The van der Waals surface area contributed by atoms with Crippen LogP contribution in [0.1, 0.15) is 61.9 Å². The summed E-state index contributed by atoms with van der Waals surface area (Å²) in [5, 5.41) is 16.0. The van der Waals surface area contributed by atoms with Crippen molar-refractivity contribution in [1.29, 1.82) is 0 Å². The van der Waals surface area contributed by atoms with E-state index in [2.05, 4.69) is 33.0 Å². The SMILES string of the molecule is CN(c1c(Cl)c(C(=O)CC2C3CC4CC2CC(O)(C4)C3)nn1C)C1CCN(c2cccnc2)CC1. The van der Waals surface area contributed by atoms with Crippen molar-refractivity contribution in [3.8, 4) is 0 Å². The molecule has 4 bridgehead atoms. The summed E-state index contributed by atoms with van der Waals surface area (Å²) in [6.45, 7) is 1.92. The second-order valence-corrected chi connectivity index (χ2v) is 12.0. The Labute approximate surface area is 212 Å². The number of aromatic nitrogens is 3. The summed E-state index contributed by atoms with van der Waals surface area (Å²) in [5.74, 6) is 2.81. The van der Waals surface area contributed by atoms with Crippen molar-refractivity contribution < 1.29 is 9.90 Å². The molecule has 4 aliphatic carbocycles. The molecule has 2 atom stereocenters. The molecule has 0 aromatic carbocycles. The first kappa shape index (κ1) is 23.3. The Balaban J connectivity index is 1.13. The quantitative estimate of drug-likeness (QED) is 0.598. The third-order valence-corrected chi connectivity index (χ3v) is 9.79. The standard InChI is InChI=1S/C27H36ClN5O2/c1-31(20-5-8-33(9-6-20)21-4-3-7-29-16-21)26-24(28)25(30-32(26)2)23(34)12-22-18-10-17-11-19(22)15-27(35,13-17)14-18/h3-4,7,16-20,22,35H,5-6,8-15H2,1-2H3. The van der Waals surface area contributed by atoms with Gasteiger partial charge in [-0.3, -0.25) is 14.5 Å². The number of nitrogens with zero attached hydrogens (tertiary/aromatic N) is 5. The van der Waals surface area contributed by atoms with Crippen LogP contribution in [-0.4, -0.2) is 57.4 Å². The summed E-state index contributed by atoms with van der Waals surface area (Å²) in [7, 11) is 3.96. The largest absolute Gasteiger partial charge is 0.390 e. The van der Waals surface area contributed by atoms with Gasteiger partial charge in [-0.25, -0.2) is 0 Å². The molecule has 8 heteroatoms. The van der Waals surface area contributed by atoms with Crippen LogP contribution in [0.4, 0.5) is 11.5 Å². The summed E-state index contributed by atoms with van der Waals surface area (Å²) in [4.78, 5) is 22.3. The van der Waals surface area contributed by atoms with Gasteiger partial charge in [-0.2, -0.15) is 5.10 Å². The summed E-state index contributed by atoms with van der Waals surface area (Å²) in [5.41, 5.74) is 1.11. The van der Waals surface area contributed by atoms with E-state index < -0.39 is 5.60 Å². The van der Waals surface area contributed by atoms with Gasteiger partial charge < -0.3 is 14.9 Å². The molecule has 7 rings (SSSR count). The van der Waals surface area contributed by atoms with Gasteiger partial charge in [0.1, 0.15) is 16.5 Å². The molecule has 1 saturated heterocycles. The van der Waals surface area contributed by atoms with Crippen LogP contribution in [0.5, 0.6) is 0 Å². The fourth-order valence-electron chi connectivity index (χ4n) is 8.01. The van der Waals surface area contributed by atoms with Crippen molar-refractivity contribution in [3.05, 3.63) is 35.2 Å². The number of anilines is 2. The average molecular weight is 498 g/mol. The molecule has 4 saturated carbocycles. The number of aryl methyl sites for hydroxylation is 1. The van der Waals surface area contributed by atoms with Gasteiger partial charge in [0.2, 0.25) is 0 Å². The number of rotatable bonds is 6. The lowest BCUT2D eigenvalue weighted by molar-refractivity contribution is -0.151. The molecule has 35 heavy (non-hydrogen) atoms. The van der Waals surface area contributed by atoms with Crippen molar-refractivity contribution in [3.63, 3.8) is 0 Å². The van der Waals surface area contributed by atoms with Crippen LogP contribution in [-0.2, 0) is 7.05 Å². The lowest BCUT2D eigenvalue weighted by atomic mass is 9.49. The number of aliphatic hydroxyl groups is 1. The maximum Gasteiger partial charge on any atom is 0.184 e. The molecular formula is C27H36ClN5O2. The zero-order chi connectivity index (χ0) is 24.3. The molecule has 0 amide bonds. The van der Waals surface area contributed by atoms with Crippen LogP contribution >= 0.6 is 11.6 Å². The van der Waals surface area contributed by atoms with E-state index in [9.17, 15) is 9.90 Å². The van der Waals surface area contributed by atoms with Gasteiger partial charge in [-0.1, -0.05) is 11.6 Å². The minimum absolute atomic E-state index is 0.0566. The molecule has 3 heterocycles. The zero-order valence-corrected chi connectivity index (χ0v) is 21.5. The Morgan fingerprint density at radius 2 is 1.94 bits per heavy atom. The Hall–Kier alpha value is -2.12. The van der Waals surface area contributed by atoms with Gasteiger partial charge in [-0.05, 0) is 80.8 Å². The molecule has 0 radical (unpaired) electrons. The van der Waals surface area contributed by atoms with Crippen LogP contribution in [0, 0.1) is 23.7 Å². The molecule has 2 unspecified atom stereocenters. The fourth-order valence-corrected chi connectivity index (χ4v) is 8.41. The number of carbonyl (C=O) groups excluding carboxylic acids is 1. The van der Waals surface area contributed by atoms with Crippen LogP contribution in [0.25, 0.3) is 0 Å². The minimum Gasteiger partial charge on any atom is -0.390 e. The topological polar surface area (TPSA) is 74.5 Å². The summed E-state index contributed by atoms with van der Waals surface area (Å²) < 4.78 is 1.78. The van der Waals surface area contributed by atoms with Crippen LogP contribution in [0.2, 0.25) is 5.02 Å². The molecule has 188 valence electrons. The van der Waals surface area contributed by atoms with Crippen molar-refractivity contribution in [1.82, 2.24) is 14.8 Å². The number of piperidine rings is 1. The fraction of sp³-hybridized carbons (Fsp3) is 0.667. The van der Waals surface area contributed by atoms with E-state index in [4.69, 9.17) is 11.6 Å². The zero-order valence-electron chi connectivity index (χ0n) is 20.7. The molecule has 7 nitrogen and oxygen atoms in total. The first-order chi connectivity index (χ1) is 16.8. The highest BCUT2D eigenvalue weighted by molar-refractivity contribution is 6.36. The van der Waals surface area contributed by atoms with Crippen LogP contribution in [0.3, 0.4) is 0 Å². The summed E-state index contributed by atoms with van der Waals surface area (Å²) >= 11 is 6.85. The van der Waals surface area contributed by atoms with Gasteiger partial charge in [-0.15, -0.1) is 0 Å². The molecule has 1 N–H and O–H groups in total. The molecule has 1 aliphatic heterocycles. The smallest absolute Gasteiger partial charge is 0.184 e. The van der Waals surface area contributed by atoms with Crippen molar-refractivity contribution in [2.75, 3.05) is 29.9 Å². The first-order valence-electron chi connectivity index (χ1n) is 13.2. The highest BCUT2D eigenvalue weighted by Crippen LogP contribution is 2.59. The van der Waals surface area contributed by atoms with Crippen molar-refractivity contribution >= 4 is 28.9 Å². The number of hydrogen-bond acceptors (Lipinski definition) is 6. The van der Waals surface area contributed by atoms with E-state index in [-0.39, 0.29) is 5.78 Å². The minimum atomic E-state index is -0.471. The number of hydrogen-bond donors (Lipinski definition) is 1. The van der Waals surface area contributed by atoms with E-state index in [0.717, 1.165) is 56.7 Å². The lowest BCUT2D eigenvalue weighted by Gasteiger charge is -2.58. The second-order valence-electron chi connectivity index (χ2n) is 11.6. The van der Waals surface area contributed by atoms with Gasteiger partial charge >= 0.3 is 0 Å². The van der Waals surface area contributed by atoms with E-state index in [1.54, 1.807) is 10.9 Å². The molecule has 0 spiro atoms.